The van der Waals surface area contributed by atoms with Crippen molar-refractivity contribution >= 4 is 25.9 Å². The van der Waals surface area contributed by atoms with Crippen LogP contribution >= 0.6 is 8.20 Å². The summed E-state index contributed by atoms with van der Waals surface area (Å²) < 4.78 is 0. The first-order chi connectivity index (χ1) is 2.89. The molecule has 1 rings (SSSR count). The first kappa shape index (κ1) is 3.69. The third kappa shape index (κ3) is 0.522. The first-order valence-electron chi connectivity index (χ1n) is 1.49. The molecule has 1 aliphatic heterocycles. The Morgan fingerprint density at radius 1 is 1.83 bits per heavy atom. The summed E-state index contributed by atoms with van der Waals surface area (Å²) in [6.07, 6.45) is 1.32. The molecule has 0 atom stereocenters. The number of nitrogens with zero attached hydrogens (tertiary/aromatic N) is 1. The molecule has 0 saturated carbocycles. The van der Waals surface area contributed by atoms with Crippen molar-refractivity contribution < 1.29 is 4.79 Å². The lowest BCUT2D eigenvalue weighted by Crippen LogP contribution is -1.77. The van der Waals surface area contributed by atoms with Crippen LogP contribution < -0.4 is 0 Å². The van der Waals surface area contributed by atoms with Gasteiger partial charge in [0.25, 0.3) is 0 Å². The molecule has 0 bridgehead atoms. The molecule has 30 valence electrons. The fourth-order valence-corrected chi connectivity index (χ4v) is 0.601. The highest BCUT2D eigenvalue weighted by atomic mass is 31.1. The molecule has 0 aromatic rings. The molecular formula is C3H2NOP. The molecule has 3 heteroatoms. The van der Waals surface area contributed by atoms with Gasteiger partial charge in [-0.15, -0.1) is 0 Å². The molecule has 0 fully saturated rings. The predicted octanol–water partition coefficient (Wildman–Crippen LogP) is 0.303. The van der Waals surface area contributed by atoms with Gasteiger partial charge in [0.15, 0.2) is 0 Å². The van der Waals surface area contributed by atoms with E-state index in [1.165, 1.54) is 6.21 Å². The summed E-state index contributed by atoms with van der Waals surface area (Å²) in [6.45, 7) is 0. The van der Waals surface area contributed by atoms with E-state index < -0.39 is 0 Å². The Labute approximate surface area is 36.7 Å². The van der Waals surface area contributed by atoms with Crippen LogP contribution in [0.25, 0.3) is 0 Å². The van der Waals surface area contributed by atoms with Crippen LogP contribution in [-0.2, 0) is 4.79 Å². The molecule has 6 heavy (non-hydrogen) atoms. The van der Waals surface area contributed by atoms with Gasteiger partial charge in [0.1, 0.15) is 0 Å². The SMILES string of the molecule is O=C1C=NC=P1. The average molecular weight is 99.0 g/mol. The van der Waals surface area contributed by atoms with Crippen molar-refractivity contribution in [1.82, 2.24) is 0 Å². The van der Waals surface area contributed by atoms with Gasteiger partial charge in [-0.2, -0.15) is 0 Å². The molecular weight excluding hydrogens is 97.0 g/mol. The summed E-state index contributed by atoms with van der Waals surface area (Å²) in [6, 6.07) is 0. The van der Waals surface area contributed by atoms with Crippen LogP contribution in [0, 0.1) is 0 Å². The maximum Gasteiger partial charge on any atom is 0.223 e. The van der Waals surface area contributed by atoms with E-state index in [0.717, 1.165) is 0 Å². The number of hydrogen-bond donors (Lipinski definition) is 0. The van der Waals surface area contributed by atoms with Crippen LogP contribution in [-0.4, -0.2) is 17.7 Å². The number of carbonyl (C=O) groups excluding carboxylic acids is 1. The van der Waals surface area contributed by atoms with Crippen LogP contribution in [0.3, 0.4) is 0 Å². The summed E-state index contributed by atoms with van der Waals surface area (Å²) in [5.41, 5.74) is 0.0787. The Morgan fingerprint density at radius 2 is 2.67 bits per heavy atom. The summed E-state index contributed by atoms with van der Waals surface area (Å²) in [5.74, 6) is 1.57. The van der Waals surface area contributed by atoms with Gasteiger partial charge in [-0.1, -0.05) is 0 Å². The Balaban J connectivity index is 2.86. The molecule has 0 aromatic heterocycles. The molecule has 1 heterocycles. The standard InChI is InChI=1S/C3H2NOP/c5-3-1-4-2-6-3/h1-2H. The minimum absolute atomic E-state index is 0.0787. The number of hydrogen-bond acceptors (Lipinski definition) is 2. The maximum atomic E-state index is 10.1. The van der Waals surface area contributed by atoms with Gasteiger partial charge >= 0.3 is 0 Å². The van der Waals surface area contributed by atoms with Crippen LogP contribution in [0.2, 0.25) is 0 Å². The van der Waals surface area contributed by atoms with Gasteiger partial charge < -0.3 is 0 Å². The molecule has 0 saturated heterocycles. The Hall–Kier alpha value is -0.490. The highest BCUT2D eigenvalue weighted by molar-refractivity contribution is 7.61. The number of carbonyl (C=O) groups is 1. The highest BCUT2D eigenvalue weighted by Crippen LogP contribution is 1.97. The van der Waals surface area contributed by atoms with E-state index in [1.807, 2.05) is 0 Å². The monoisotopic (exact) mass is 99.0 g/mol. The zero-order valence-corrected chi connectivity index (χ0v) is 3.85. The first-order valence-corrected chi connectivity index (χ1v) is 2.45. The van der Waals surface area contributed by atoms with Gasteiger partial charge in [0.2, 0.25) is 5.52 Å². The lowest BCUT2D eigenvalue weighted by Gasteiger charge is -1.58. The molecule has 0 unspecified atom stereocenters. The van der Waals surface area contributed by atoms with E-state index in [4.69, 9.17) is 0 Å². The largest absolute Gasteiger partial charge is 0.283 e. The van der Waals surface area contributed by atoms with Crippen LogP contribution in [0.15, 0.2) is 4.99 Å². The molecule has 0 amide bonds. The summed E-state index contributed by atoms with van der Waals surface area (Å²) in [7, 11) is 0.704. The average Bonchev–Trinajstić information content (AvgIpc) is 1.86. The van der Waals surface area contributed by atoms with Crippen molar-refractivity contribution in [3.8, 4) is 0 Å². The van der Waals surface area contributed by atoms with E-state index in [1.54, 1.807) is 5.92 Å². The molecule has 0 N–H and O–H groups in total. The van der Waals surface area contributed by atoms with E-state index >= 15 is 0 Å². The van der Waals surface area contributed by atoms with Crippen LogP contribution in [0.1, 0.15) is 0 Å². The smallest absolute Gasteiger partial charge is 0.223 e. The Kier molecular flexibility index (Phi) is 0.807. The zero-order valence-electron chi connectivity index (χ0n) is 2.96. The molecule has 2 nitrogen and oxygen atoms in total. The fourth-order valence-electron chi connectivity index (χ4n) is 0.221. The maximum absolute atomic E-state index is 10.1. The van der Waals surface area contributed by atoms with E-state index in [2.05, 4.69) is 4.99 Å². The summed E-state index contributed by atoms with van der Waals surface area (Å²) in [4.78, 5) is 13.6. The summed E-state index contributed by atoms with van der Waals surface area (Å²) in [5, 5.41) is 0. The highest BCUT2D eigenvalue weighted by Gasteiger charge is 1.91. The molecule has 0 aromatic carbocycles. The minimum atomic E-state index is 0.0787. The summed E-state index contributed by atoms with van der Waals surface area (Å²) >= 11 is 0. The van der Waals surface area contributed by atoms with Gasteiger partial charge in [0.05, 0.1) is 12.1 Å². The lowest BCUT2D eigenvalue weighted by atomic mass is 10.8. The molecule has 0 radical (unpaired) electrons. The van der Waals surface area contributed by atoms with Crippen molar-refractivity contribution in [3.63, 3.8) is 0 Å². The minimum Gasteiger partial charge on any atom is -0.283 e. The van der Waals surface area contributed by atoms with Crippen molar-refractivity contribution in [2.75, 3.05) is 0 Å². The van der Waals surface area contributed by atoms with Crippen molar-refractivity contribution in [1.29, 1.82) is 0 Å². The predicted molar refractivity (Wildman–Crippen MR) is 26.5 cm³/mol. The Morgan fingerprint density at radius 3 is 2.83 bits per heavy atom. The van der Waals surface area contributed by atoms with Gasteiger partial charge in [-0.05, 0) is 8.20 Å². The topological polar surface area (TPSA) is 29.4 Å². The second-order valence-corrected chi connectivity index (χ2v) is 1.79. The van der Waals surface area contributed by atoms with Crippen LogP contribution in [0.4, 0.5) is 0 Å². The normalized spacial score (nSPS) is 19.7. The van der Waals surface area contributed by atoms with Gasteiger partial charge in [-0.25, -0.2) is 0 Å². The third-order valence-corrected chi connectivity index (χ3v) is 1.06. The molecule has 1 aliphatic rings. The van der Waals surface area contributed by atoms with E-state index in [-0.39, 0.29) is 5.52 Å². The lowest BCUT2D eigenvalue weighted by molar-refractivity contribution is -0.105. The molecule has 0 aliphatic carbocycles. The Bertz CT molecular complexity index is 113. The quantitative estimate of drug-likeness (QED) is 0.401. The van der Waals surface area contributed by atoms with E-state index in [0.29, 0.717) is 8.20 Å². The second kappa shape index (κ2) is 1.31. The molecule has 0 spiro atoms. The van der Waals surface area contributed by atoms with Crippen molar-refractivity contribution in [3.05, 3.63) is 0 Å². The number of rotatable bonds is 0. The van der Waals surface area contributed by atoms with Crippen molar-refractivity contribution in [2.45, 2.75) is 0 Å². The van der Waals surface area contributed by atoms with Crippen molar-refractivity contribution in [2.24, 2.45) is 4.99 Å². The fraction of sp³-hybridized carbons (Fsp3) is 0. The number of aliphatic imine (C=N–C) groups is 1. The van der Waals surface area contributed by atoms with E-state index in [9.17, 15) is 4.79 Å². The van der Waals surface area contributed by atoms with Crippen LogP contribution in [0.5, 0.6) is 0 Å². The third-order valence-electron chi connectivity index (χ3n) is 0.437. The second-order valence-electron chi connectivity index (χ2n) is 0.861. The zero-order chi connectivity index (χ0) is 4.41. The van der Waals surface area contributed by atoms with Gasteiger partial charge in [0, 0.05) is 0 Å². The van der Waals surface area contributed by atoms with Gasteiger partial charge in [-0.3, -0.25) is 9.79 Å².